The molecule has 0 fully saturated rings. The van der Waals surface area contributed by atoms with Gasteiger partial charge in [0.15, 0.2) is 11.2 Å². The smallest absolute Gasteiger partial charge is 0.307 e. The van der Waals surface area contributed by atoms with Crippen LogP contribution < -0.4 is 4.90 Å². The molecular weight excluding hydrogens is 546 g/mol. The second-order valence-corrected chi connectivity index (χ2v) is 10.6. The highest BCUT2D eigenvalue weighted by atomic mass is 16.4. The van der Waals surface area contributed by atoms with Crippen LogP contribution in [0, 0.1) is 0 Å². The third-order valence-electron chi connectivity index (χ3n) is 7.95. The molecule has 4 aromatic heterocycles. The summed E-state index contributed by atoms with van der Waals surface area (Å²) in [7, 11) is 0. The molecule has 7 heteroatoms. The first kappa shape index (κ1) is 24.4. The molecule has 0 aliphatic carbocycles. The molecule has 0 unspecified atom stereocenters. The zero-order valence-electron chi connectivity index (χ0n) is 23.3. The van der Waals surface area contributed by atoms with E-state index in [9.17, 15) is 0 Å². The zero-order chi connectivity index (χ0) is 29.0. The highest BCUT2D eigenvalue weighted by Crippen LogP contribution is 2.37. The van der Waals surface area contributed by atoms with Gasteiger partial charge >= 0.3 is 6.01 Å². The molecule has 9 aromatic rings. The van der Waals surface area contributed by atoms with Gasteiger partial charge in [0.2, 0.25) is 5.89 Å². The number of anilines is 3. The van der Waals surface area contributed by atoms with Crippen molar-refractivity contribution in [3.63, 3.8) is 0 Å². The molecule has 5 aromatic carbocycles. The first-order valence-electron chi connectivity index (χ1n) is 14.4. The molecule has 208 valence electrons. The van der Waals surface area contributed by atoms with Crippen molar-refractivity contribution in [2.24, 2.45) is 0 Å². The van der Waals surface area contributed by atoms with Crippen LogP contribution in [-0.4, -0.2) is 19.5 Å². The van der Waals surface area contributed by atoms with Crippen LogP contribution in [0.5, 0.6) is 0 Å². The highest BCUT2D eigenvalue weighted by Gasteiger charge is 2.19. The van der Waals surface area contributed by atoms with Crippen molar-refractivity contribution < 1.29 is 8.83 Å². The molecule has 0 aliphatic heterocycles. The Morgan fingerprint density at radius 1 is 0.545 bits per heavy atom. The molecule has 0 radical (unpaired) electrons. The third kappa shape index (κ3) is 3.87. The Labute approximate surface area is 251 Å². The zero-order valence-corrected chi connectivity index (χ0v) is 23.3. The Morgan fingerprint density at radius 3 is 2.05 bits per heavy atom. The Balaban J connectivity index is 1.12. The maximum atomic E-state index is 6.28. The second-order valence-electron chi connectivity index (χ2n) is 10.6. The van der Waals surface area contributed by atoms with Gasteiger partial charge in [-0.25, -0.2) is 4.98 Å². The molecule has 7 nitrogen and oxygen atoms in total. The van der Waals surface area contributed by atoms with Gasteiger partial charge in [0.1, 0.15) is 11.0 Å². The van der Waals surface area contributed by atoms with E-state index in [0.717, 1.165) is 55.5 Å². The maximum Gasteiger partial charge on any atom is 0.307 e. The van der Waals surface area contributed by atoms with Crippen molar-refractivity contribution in [1.29, 1.82) is 0 Å². The number of hydrogen-bond acceptors (Lipinski definition) is 6. The van der Waals surface area contributed by atoms with Crippen molar-refractivity contribution in [2.45, 2.75) is 0 Å². The Morgan fingerprint density at radius 2 is 1.23 bits per heavy atom. The minimum absolute atomic E-state index is 0.499. The Kier molecular flexibility index (Phi) is 5.36. The summed E-state index contributed by atoms with van der Waals surface area (Å²) in [6.07, 6.45) is 3.67. The molecule has 9 rings (SSSR count). The van der Waals surface area contributed by atoms with E-state index in [1.165, 1.54) is 0 Å². The quantitative estimate of drug-likeness (QED) is 0.205. The van der Waals surface area contributed by atoms with Crippen LogP contribution >= 0.6 is 0 Å². The average molecular weight is 570 g/mol. The van der Waals surface area contributed by atoms with Crippen molar-refractivity contribution in [2.75, 3.05) is 4.90 Å². The SMILES string of the molecule is c1ccc(N(c2ccccc2)c2ccc3oc(-c4ccc5oc(-n6c7ccccc7c7cnccc76)nc5c4)nc3c2)cc1. The fraction of sp³-hybridized carbons (Fsp3) is 0. The number of fused-ring (bicyclic) bond motifs is 5. The van der Waals surface area contributed by atoms with E-state index in [4.69, 9.17) is 18.8 Å². The highest BCUT2D eigenvalue weighted by molar-refractivity contribution is 6.08. The molecule has 0 amide bonds. The van der Waals surface area contributed by atoms with Crippen molar-refractivity contribution in [1.82, 2.24) is 19.5 Å². The van der Waals surface area contributed by atoms with Gasteiger partial charge in [0, 0.05) is 45.8 Å². The Hall–Kier alpha value is -6.21. The molecule has 0 saturated heterocycles. The molecule has 0 atom stereocenters. The number of nitrogens with zero attached hydrogens (tertiary/aromatic N) is 5. The molecule has 0 spiro atoms. The molecule has 0 saturated carbocycles. The van der Waals surface area contributed by atoms with E-state index in [-0.39, 0.29) is 0 Å². The first-order chi connectivity index (χ1) is 21.8. The summed E-state index contributed by atoms with van der Waals surface area (Å²) >= 11 is 0. The van der Waals surface area contributed by atoms with Crippen LogP contribution in [0.4, 0.5) is 17.1 Å². The van der Waals surface area contributed by atoms with Gasteiger partial charge in [0.25, 0.3) is 0 Å². The second kappa shape index (κ2) is 9.68. The van der Waals surface area contributed by atoms with Crippen LogP contribution in [0.15, 0.2) is 149 Å². The number of hydrogen-bond donors (Lipinski definition) is 0. The lowest BCUT2D eigenvalue weighted by Crippen LogP contribution is -2.09. The van der Waals surface area contributed by atoms with Gasteiger partial charge in [-0.05, 0) is 72.8 Å². The summed E-state index contributed by atoms with van der Waals surface area (Å²) in [6.45, 7) is 0. The van der Waals surface area contributed by atoms with Crippen LogP contribution in [0.2, 0.25) is 0 Å². The van der Waals surface area contributed by atoms with Crippen LogP contribution in [-0.2, 0) is 0 Å². The van der Waals surface area contributed by atoms with Crippen LogP contribution in [0.25, 0.3) is 61.5 Å². The lowest BCUT2D eigenvalue weighted by Gasteiger charge is -2.25. The lowest BCUT2D eigenvalue weighted by molar-refractivity contribution is 0.574. The van der Waals surface area contributed by atoms with Gasteiger partial charge in [0.05, 0.1) is 11.0 Å². The van der Waals surface area contributed by atoms with Gasteiger partial charge in [-0.2, -0.15) is 4.98 Å². The number of rotatable bonds is 5. The number of pyridine rings is 1. The van der Waals surface area contributed by atoms with E-state index in [1.807, 2.05) is 89.6 Å². The summed E-state index contributed by atoms with van der Waals surface area (Å²) in [4.78, 5) is 16.3. The lowest BCUT2D eigenvalue weighted by atomic mass is 10.2. The molecule has 0 aliphatic rings. The van der Waals surface area contributed by atoms with Gasteiger partial charge < -0.3 is 13.7 Å². The minimum atomic E-state index is 0.499. The number of aromatic nitrogens is 4. The first-order valence-corrected chi connectivity index (χ1v) is 14.4. The molecular formula is C37H23N5O2. The average Bonchev–Trinajstić information content (AvgIpc) is 3.79. The largest absolute Gasteiger partial charge is 0.436 e. The summed E-state index contributed by atoms with van der Waals surface area (Å²) in [5, 5.41) is 2.15. The van der Waals surface area contributed by atoms with Crippen LogP contribution in [0.1, 0.15) is 0 Å². The van der Waals surface area contributed by atoms with E-state index in [0.29, 0.717) is 23.1 Å². The summed E-state index contributed by atoms with van der Waals surface area (Å²) in [6, 6.07) is 43.2. The number of oxazole rings is 2. The topological polar surface area (TPSA) is 73.1 Å². The molecule has 0 N–H and O–H groups in total. The predicted molar refractivity (Wildman–Crippen MR) is 174 cm³/mol. The number of benzene rings is 5. The van der Waals surface area contributed by atoms with Crippen molar-refractivity contribution in [3.05, 3.63) is 140 Å². The standard InChI is InChI=1S/C37H23N5O2/c1-3-9-25(10-4-1)41(26-11-5-2-6-12-26)27-16-18-34-31(22-27)39-36(43-34)24-15-17-35-30(21-24)40-37(44-35)42-32-14-8-7-13-28(32)29-23-38-20-19-33(29)42/h1-23H. The predicted octanol–water partition coefficient (Wildman–Crippen LogP) is 9.60. The normalized spacial score (nSPS) is 11.6. The molecule has 4 heterocycles. The molecule has 0 bridgehead atoms. The fourth-order valence-corrected chi connectivity index (χ4v) is 5.95. The maximum absolute atomic E-state index is 6.28. The summed E-state index contributed by atoms with van der Waals surface area (Å²) in [5.74, 6) is 0.525. The minimum Gasteiger partial charge on any atom is -0.436 e. The van der Waals surface area contributed by atoms with E-state index >= 15 is 0 Å². The Bertz CT molecular complexity index is 2370. The van der Waals surface area contributed by atoms with Gasteiger partial charge in [-0.3, -0.25) is 9.55 Å². The van der Waals surface area contributed by atoms with Crippen molar-refractivity contribution >= 4 is 61.1 Å². The van der Waals surface area contributed by atoms with Crippen LogP contribution in [0.3, 0.4) is 0 Å². The van der Waals surface area contributed by atoms with Crippen molar-refractivity contribution in [3.8, 4) is 17.5 Å². The fourth-order valence-electron chi connectivity index (χ4n) is 5.95. The number of para-hydroxylation sites is 3. The van der Waals surface area contributed by atoms with Gasteiger partial charge in [-0.1, -0.05) is 54.6 Å². The van der Waals surface area contributed by atoms with E-state index < -0.39 is 0 Å². The molecule has 44 heavy (non-hydrogen) atoms. The van der Waals surface area contributed by atoms with E-state index in [2.05, 4.69) is 58.4 Å². The van der Waals surface area contributed by atoms with E-state index in [1.54, 1.807) is 6.20 Å². The third-order valence-corrected chi connectivity index (χ3v) is 7.95. The monoisotopic (exact) mass is 569 g/mol. The summed E-state index contributed by atoms with van der Waals surface area (Å²) < 4.78 is 14.6. The summed E-state index contributed by atoms with van der Waals surface area (Å²) in [5.41, 5.74) is 8.83. The van der Waals surface area contributed by atoms with Gasteiger partial charge in [-0.15, -0.1) is 0 Å².